The third-order valence-electron chi connectivity index (χ3n) is 4.31. The predicted octanol–water partition coefficient (Wildman–Crippen LogP) is 3.39. The van der Waals surface area contributed by atoms with Crippen molar-refractivity contribution >= 4 is 5.96 Å². The smallest absolute Gasteiger partial charge is 0.189 e. The summed E-state index contributed by atoms with van der Waals surface area (Å²) >= 11 is 0. The third-order valence-corrected chi connectivity index (χ3v) is 4.31. The highest BCUT2D eigenvalue weighted by Crippen LogP contribution is 2.24. The second kappa shape index (κ2) is 9.66. The van der Waals surface area contributed by atoms with Crippen molar-refractivity contribution in [2.75, 3.05) is 13.2 Å². The molecule has 25 heavy (non-hydrogen) atoms. The molecule has 5 nitrogen and oxygen atoms in total. The number of aryl methyl sites for hydroxylation is 1. The number of benzene rings is 1. The fourth-order valence-electron chi connectivity index (χ4n) is 3.08. The van der Waals surface area contributed by atoms with Gasteiger partial charge in [-0.2, -0.15) is 0 Å². The zero-order valence-corrected chi connectivity index (χ0v) is 16.0. The molecule has 1 aromatic carbocycles. The SMILES string of the molecule is Cc1ccc(CN=C(N)NCC2CCCO2)c(OC(C)CC(C)C)c1. The first-order valence-corrected chi connectivity index (χ1v) is 9.35. The van der Waals surface area contributed by atoms with E-state index in [1.165, 1.54) is 5.56 Å². The molecule has 1 aromatic rings. The summed E-state index contributed by atoms with van der Waals surface area (Å²) in [4.78, 5) is 4.46. The van der Waals surface area contributed by atoms with Gasteiger partial charge in [-0.3, -0.25) is 0 Å². The normalized spacial score (nSPS) is 19.2. The minimum Gasteiger partial charge on any atom is -0.490 e. The van der Waals surface area contributed by atoms with E-state index in [0.717, 1.165) is 43.7 Å². The summed E-state index contributed by atoms with van der Waals surface area (Å²) in [7, 11) is 0. The van der Waals surface area contributed by atoms with Crippen molar-refractivity contribution in [3.8, 4) is 5.75 Å². The molecule has 3 N–H and O–H groups in total. The first kappa shape index (κ1) is 19.6. The number of aliphatic imine (C=N–C) groups is 1. The van der Waals surface area contributed by atoms with Gasteiger partial charge in [0.2, 0.25) is 0 Å². The first-order valence-electron chi connectivity index (χ1n) is 9.35. The van der Waals surface area contributed by atoms with Crippen molar-refractivity contribution < 1.29 is 9.47 Å². The maximum atomic E-state index is 6.16. The van der Waals surface area contributed by atoms with Crippen LogP contribution in [0.2, 0.25) is 0 Å². The summed E-state index contributed by atoms with van der Waals surface area (Å²) in [6.07, 6.45) is 3.68. The van der Waals surface area contributed by atoms with Crippen molar-refractivity contribution in [3.63, 3.8) is 0 Å². The second-order valence-electron chi connectivity index (χ2n) is 7.39. The Hall–Kier alpha value is -1.75. The zero-order valence-electron chi connectivity index (χ0n) is 16.0. The average Bonchev–Trinajstić information content (AvgIpc) is 3.04. The number of guanidine groups is 1. The van der Waals surface area contributed by atoms with Gasteiger partial charge in [0, 0.05) is 18.7 Å². The summed E-state index contributed by atoms with van der Waals surface area (Å²) < 4.78 is 11.7. The van der Waals surface area contributed by atoms with Crippen LogP contribution in [0.15, 0.2) is 23.2 Å². The Labute approximate surface area is 152 Å². The fourth-order valence-corrected chi connectivity index (χ4v) is 3.08. The Bertz CT molecular complexity index is 566. The number of nitrogens with one attached hydrogen (secondary N) is 1. The van der Waals surface area contributed by atoms with Crippen molar-refractivity contribution in [3.05, 3.63) is 29.3 Å². The largest absolute Gasteiger partial charge is 0.490 e. The first-order chi connectivity index (χ1) is 11.9. The van der Waals surface area contributed by atoms with E-state index in [9.17, 15) is 0 Å². The zero-order chi connectivity index (χ0) is 18.2. The molecule has 1 heterocycles. The minimum atomic E-state index is 0.180. The molecule has 0 aromatic heterocycles. The maximum Gasteiger partial charge on any atom is 0.189 e. The highest BCUT2D eigenvalue weighted by Gasteiger charge is 2.15. The number of hydrogen-bond donors (Lipinski definition) is 2. The van der Waals surface area contributed by atoms with Gasteiger partial charge >= 0.3 is 0 Å². The van der Waals surface area contributed by atoms with Gasteiger partial charge in [-0.15, -0.1) is 0 Å². The molecular weight excluding hydrogens is 314 g/mol. The Morgan fingerprint density at radius 2 is 2.20 bits per heavy atom. The Morgan fingerprint density at radius 3 is 2.88 bits per heavy atom. The van der Waals surface area contributed by atoms with Crippen LogP contribution in [0.5, 0.6) is 5.75 Å². The molecule has 0 aliphatic carbocycles. The summed E-state index contributed by atoms with van der Waals surface area (Å²) in [5.74, 6) is 1.97. The van der Waals surface area contributed by atoms with Crippen LogP contribution in [0.3, 0.4) is 0 Å². The van der Waals surface area contributed by atoms with Crippen molar-refractivity contribution in [2.24, 2.45) is 16.6 Å². The van der Waals surface area contributed by atoms with Crippen molar-refractivity contribution in [1.82, 2.24) is 5.32 Å². The highest BCUT2D eigenvalue weighted by molar-refractivity contribution is 5.77. The summed E-state index contributed by atoms with van der Waals surface area (Å²) in [5, 5.41) is 3.15. The number of rotatable bonds is 8. The van der Waals surface area contributed by atoms with E-state index in [0.29, 0.717) is 18.4 Å². The summed E-state index contributed by atoms with van der Waals surface area (Å²) in [5.41, 5.74) is 8.23. The lowest BCUT2D eigenvalue weighted by Crippen LogP contribution is -2.37. The van der Waals surface area contributed by atoms with E-state index in [4.69, 9.17) is 15.2 Å². The van der Waals surface area contributed by atoms with E-state index >= 15 is 0 Å². The van der Waals surface area contributed by atoms with Crippen LogP contribution in [-0.4, -0.2) is 31.3 Å². The van der Waals surface area contributed by atoms with Gasteiger partial charge < -0.3 is 20.5 Å². The second-order valence-corrected chi connectivity index (χ2v) is 7.39. The number of nitrogens with zero attached hydrogens (tertiary/aromatic N) is 1. The molecule has 0 spiro atoms. The van der Waals surface area contributed by atoms with Gasteiger partial charge in [0.1, 0.15) is 5.75 Å². The van der Waals surface area contributed by atoms with E-state index in [1.807, 2.05) is 0 Å². The lowest BCUT2D eigenvalue weighted by atomic mass is 10.1. The lowest BCUT2D eigenvalue weighted by Gasteiger charge is -2.19. The van der Waals surface area contributed by atoms with Crippen LogP contribution in [0.1, 0.15) is 51.2 Å². The van der Waals surface area contributed by atoms with E-state index in [1.54, 1.807) is 0 Å². The lowest BCUT2D eigenvalue weighted by molar-refractivity contribution is 0.114. The molecule has 2 atom stereocenters. The topological polar surface area (TPSA) is 68.9 Å². The molecule has 1 aliphatic rings. The number of hydrogen-bond acceptors (Lipinski definition) is 3. The molecule has 0 bridgehead atoms. The molecule has 0 saturated carbocycles. The molecule has 2 unspecified atom stereocenters. The van der Waals surface area contributed by atoms with E-state index in [-0.39, 0.29) is 12.2 Å². The predicted molar refractivity (Wildman–Crippen MR) is 103 cm³/mol. The van der Waals surface area contributed by atoms with Gasteiger partial charge in [-0.05, 0) is 50.7 Å². The van der Waals surface area contributed by atoms with Crippen LogP contribution in [-0.2, 0) is 11.3 Å². The fraction of sp³-hybridized carbons (Fsp3) is 0.650. The Kier molecular flexibility index (Phi) is 7.56. The molecule has 0 amide bonds. The summed E-state index contributed by atoms with van der Waals surface area (Å²) in [6.45, 7) is 10.7. The quantitative estimate of drug-likeness (QED) is 0.559. The number of nitrogens with two attached hydrogens (primary N) is 1. The third kappa shape index (κ3) is 6.94. The summed E-state index contributed by atoms with van der Waals surface area (Å²) in [6, 6.07) is 6.24. The van der Waals surface area contributed by atoms with Crippen molar-refractivity contribution in [2.45, 2.75) is 65.7 Å². The van der Waals surface area contributed by atoms with E-state index < -0.39 is 0 Å². The van der Waals surface area contributed by atoms with Crippen LogP contribution >= 0.6 is 0 Å². The molecule has 140 valence electrons. The van der Waals surface area contributed by atoms with Crippen LogP contribution in [0.4, 0.5) is 0 Å². The number of ether oxygens (including phenoxy) is 2. The van der Waals surface area contributed by atoms with Gasteiger partial charge in [-0.25, -0.2) is 4.99 Å². The minimum absolute atomic E-state index is 0.180. The van der Waals surface area contributed by atoms with E-state index in [2.05, 4.69) is 56.2 Å². The molecule has 1 fully saturated rings. The molecule has 1 aliphatic heterocycles. The molecule has 1 saturated heterocycles. The van der Waals surface area contributed by atoms with Crippen LogP contribution in [0, 0.1) is 12.8 Å². The standard InChI is InChI=1S/C20H33N3O2/c1-14(2)10-16(4)25-19-11-15(3)7-8-17(19)12-22-20(21)23-13-18-6-5-9-24-18/h7-8,11,14,16,18H,5-6,9-10,12-13H2,1-4H3,(H3,21,22,23). The Balaban J connectivity index is 1.94. The van der Waals surface area contributed by atoms with Gasteiger partial charge in [0.15, 0.2) is 5.96 Å². The van der Waals surface area contributed by atoms with Crippen LogP contribution in [0.25, 0.3) is 0 Å². The van der Waals surface area contributed by atoms with Crippen molar-refractivity contribution in [1.29, 1.82) is 0 Å². The molecule has 0 radical (unpaired) electrons. The molecular formula is C20H33N3O2. The van der Waals surface area contributed by atoms with Gasteiger partial charge in [-0.1, -0.05) is 26.0 Å². The highest BCUT2D eigenvalue weighted by atomic mass is 16.5. The average molecular weight is 348 g/mol. The van der Waals surface area contributed by atoms with Crippen LogP contribution < -0.4 is 15.8 Å². The molecule has 2 rings (SSSR count). The van der Waals surface area contributed by atoms with Gasteiger partial charge in [0.25, 0.3) is 0 Å². The maximum absolute atomic E-state index is 6.16. The monoisotopic (exact) mass is 347 g/mol. The van der Waals surface area contributed by atoms with Gasteiger partial charge in [0.05, 0.1) is 18.8 Å². The molecule has 5 heteroatoms. The Morgan fingerprint density at radius 1 is 1.40 bits per heavy atom.